The number of halogens is 2. The zero-order chi connectivity index (χ0) is 23.7. The minimum Gasteiger partial charge on any atom is -0.434 e. The number of alkyl halides is 2. The number of carbonyl (C=O) groups is 1. The van der Waals surface area contributed by atoms with Gasteiger partial charge in [0.15, 0.2) is 5.65 Å². The number of nitrogens with zero attached hydrogens (tertiary/aromatic N) is 6. The van der Waals surface area contributed by atoms with E-state index in [9.17, 15) is 13.6 Å². The van der Waals surface area contributed by atoms with Crippen LogP contribution in [0.4, 0.5) is 14.5 Å². The van der Waals surface area contributed by atoms with Gasteiger partial charge in [-0.15, -0.1) is 0 Å². The fraction of sp³-hybridized carbons (Fsp3) is 0.0952. The molecule has 0 fully saturated rings. The number of carbonyl (C=O) groups excluding carboxylic acids is 1. The van der Waals surface area contributed by atoms with Gasteiger partial charge in [0.1, 0.15) is 22.0 Å². The molecule has 1 aromatic carbocycles. The molecular weight excluding hydrogens is 466 g/mol. The first-order chi connectivity index (χ1) is 16.5. The molecule has 13 heteroatoms. The summed E-state index contributed by atoms with van der Waals surface area (Å²) >= 11 is 1.33. The number of amides is 1. The van der Waals surface area contributed by atoms with Crippen molar-refractivity contribution in [1.29, 1.82) is 0 Å². The van der Waals surface area contributed by atoms with Crippen LogP contribution in [0.2, 0.25) is 0 Å². The second-order valence-electron chi connectivity index (χ2n) is 7.01. The highest BCUT2D eigenvalue weighted by Crippen LogP contribution is 2.39. The molecule has 0 unspecified atom stereocenters. The van der Waals surface area contributed by atoms with Crippen molar-refractivity contribution in [3.8, 4) is 17.0 Å². The maximum atomic E-state index is 13.1. The molecule has 0 saturated heterocycles. The van der Waals surface area contributed by atoms with Gasteiger partial charge in [-0.2, -0.15) is 19.0 Å². The van der Waals surface area contributed by atoms with Crippen LogP contribution in [-0.4, -0.2) is 46.9 Å². The largest absolute Gasteiger partial charge is 0.434 e. The van der Waals surface area contributed by atoms with Crippen LogP contribution in [0, 0.1) is 0 Å². The summed E-state index contributed by atoms with van der Waals surface area (Å²) in [5.74, 6) is -0.547. The van der Waals surface area contributed by atoms with Gasteiger partial charge >= 0.3 is 6.61 Å². The van der Waals surface area contributed by atoms with E-state index in [1.165, 1.54) is 33.2 Å². The number of anilines is 1. The number of benzene rings is 1. The van der Waals surface area contributed by atoms with Crippen molar-refractivity contribution in [3.63, 3.8) is 0 Å². The number of imidazole rings is 1. The fourth-order valence-corrected chi connectivity index (χ4v) is 4.12. The zero-order valence-electron chi connectivity index (χ0n) is 17.5. The van der Waals surface area contributed by atoms with Crippen molar-refractivity contribution in [2.45, 2.75) is 16.5 Å². The van der Waals surface area contributed by atoms with Crippen molar-refractivity contribution in [2.24, 2.45) is 7.05 Å². The van der Waals surface area contributed by atoms with Gasteiger partial charge in [0.25, 0.3) is 5.91 Å². The molecule has 0 aliphatic heterocycles. The number of nitrogens with one attached hydrogen (secondary N) is 2. The number of aromatic nitrogens is 7. The van der Waals surface area contributed by atoms with E-state index in [0.717, 1.165) is 4.90 Å². The van der Waals surface area contributed by atoms with Gasteiger partial charge in [0.2, 0.25) is 0 Å². The van der Waals surface area contributed by atoms with Crippen LogP contribution in [0.5, 0.6) is 5.75 Å². The summed E-state index contributed by atoms with van der Waals surface area (Å²) < 4.78 is 33.9. The molecule has 172 valence electrons. The molecule has 34 heavy (non-hydrogen) atoms. The van der Waals surface area contributed by atoms with E-state index in [0.29, 0.717) is 16.4 Å². The number of fused-ring (bicyclic) bond motifs is 1. The smallest absolute Gasteiger partial charge is 0.387 e. The molecule has 10 nitrogen and oxygen atoms in total. The first-order valence-corrected chi connectivity index (χ1v) is 10.7. The molecule has 0 bridgehead atoms. The summed E-state index contributed by atoms with van der Waals surface area (Å²) in [6, 6.07) is 6.43. The summed E-state index contributed by atoms with van der Waals surface area (Å²) in [4.78, 5) is 25.0. The van der Waals surface area contributed by atoms with Crippen molar-refractivity contribution in [1.82, 2.24) is 34.3 Å². The molecule has 1 amide bonds. The van der Waals surface area contributed by atoms with Crippen molar-refractivity contribution in [2.75, 3.05) is 5.32 Å². The lowest BCUT2D eigenvalue weighted by Crippen LogP contribution is -2.12. The number of hydrogen-bond donors (Lipinski definition) is 2. The zero-order valence-corrected chi connectivity index (χ0v) is 18.3. The Morgan fingerprint density at radius 3 is 2.97 bits per heavy atom. The summed E-state index contributed by atoms with van der Waals surface area (Å²) in [6.45, 7) is -3.03. The molecule has 0 radical (unpaired) electrons. The Morgan fingerprint density at radius 1 is 1.29 bits per heavy atom. The first-order valence-electron chi connectivity index (χ1n) is 9.87. The molecule has 0 aliphatic rings. The third-order valence-electron chi connectivity index (χ3n) is 4.72. The molecular formula is C21H16F2N8O2S. The maximum absolute atomic E-state index is 13.1. The van der Waals surface area contributed by atoms with Crippen LogP contribution in [0.1, 0.15) is 10.4 Å². The second kappa shape index (κ2) is 8.94. The Morgan fingerprint density at radius 2 is 2.18 bits per heavy atom. The summed E-state index contributed by atoms with van der Waals surface area (Å²) in [7, 11) is 1.66. The number of aromatic amines is 1. The molecule has 0 saturated carbocycles. The van der Waals surface area contributed by atoms with Gasteiger partial charge in [0, 0.05) is 42.3 Å². The minimum absolute atomic E-state index is 0.0757. The molecule has 4 heterocycles. The molecule has 4 aromatic heterocycles. The molecule has 2 N–H and O–H groups in total. The number of ether oxygens (including phenoxy) is 1. The number of rotatable bonds is 7. The number of H-pyrrole nitrogens is 1. The highest BCUT2D eigenvalue weighted by molar-refractivity contribution is 7.99. The maximum Gasteiger partial charge on any atom is 0.387 e. The lowest BCUT2D eigenvalue weighted by molar-refractivity contribution is -0.0494. The molecule has 0 aliphatic carbocycles. The quantitative estimate of drug-likeness (QED) is 0.362. The van der Waals surface area contributed by atoms with E-state index in [4.69, 9.17) is 4.74 Å². The van der Waals surface area contributed by atoms with E-state index in [2.05, 4.69) is 30.5 Å². The van der Waals surface area contributed by atoms with Crippen LogP contribution in [-0.2, 0) is 7.05 Å². The van der Waals surface area contributed by atoms with Gasteiger partial charge in [-0.3, -0.25) is 9.48 Å². The van der Waals surface area contributed by atoms with Crippen LogP contribution in [0.25, 0.3) is 16.9 Å². The van der Waals surface area contributed by atoms with E-state index in [1.54, 1.807) is 56.4 Å². The number of aryl methyl sites for hydroxylation is 1. The second-order valence-corrected chi connectivity index (χ2v) is 8.11. The highest BCUT2D eigenvalue weighted by atomic mass is 32.2. The van der Waals surface area contributed by atoms with Gasteiger partial charge in [-0.25, -0.2) is 14.5 Å². The third-order valence-corrected chi connectivity index (χ3v) is 5.64. The monoisotopic (exact) mass is 482 g/mol. The molecule has 5 aromatic rings. The summed E-state index contributed by atoms with van der Waals surface area (Å²) in [5.41, 5.74) is 1.49. The average molecular weight is 482 g/mol. The average Bonchev–Trinajstić information content (AvgIpc) is 3.54. The predicted octanol–water partition coefficient (Wildman–Crippen LogP) is 3.86. The molecule has 5 rings (SSSR count). The van der Waals surface area contributed by atoms with Crippen molar-refractivity contribution >= 4 is 29.0 Å². The standard InChI is InChI=1S/C21H16F2N8O2S/c1-30-10-15(28-20(32)14-8-27-31-6-2-5-25-19(14)31)18(29-30)13-7-12(34-17-9-24-11-26-17)3-4-16(13)33-21(22)23/h2-11,21H,1H3,(H,24,26)(H,28,32). The third kappa shape index (κ3) is 4.32. The van der Waals surface area contributed by atoms with Crippen LogP contribution in [0.3, 0.4) is 0 Å². The van der Waals surface area contributed by atoms with Gasteiger partial charge in [-0.05, 0) is 24.3 Å². The summed E-state index contributed by atoms with van der Waals surface area (Å²) in [6.07, 6.45) is 9.46. The Balaban J connectivity index is 1.52. The lowest BCUT2D eigenvalue weighted by atomic mass is 10.1. The summed E-state index contributed by atoms with van der Waals surface area (Å²) in [5, 5.41) is 12.0. The van der Waals surface area contributed by atoms with Gasteiger partial charge in [0.05, 0.1) is 18.2 Å². The van der Waals surface area contributed by atoms with Gasteiger partial charge < -0.3 is 15.0 Å². The van der Waals surface area contributed by atoms with E-state index in [-0.39, 0.29) is 22.6 Å². The SMILES string of the molecule is Cn1cc(NC(=O)c2cnn3cccnc23)c(-c2cc(Sc3c[nH]cn3)ccc2OC(F)F)n1. The number of hydrogen-bond acceptors (Lipinski definition) is 7. The van der Waals surface area contributed by atoms with Crippen molar-refractivity contribution < 1.29 is 18.3 Å². The molecule has 0 spiro atoms. The Kier molecular flexibility index (Phi) is 5.67. The van der Waals surface area contributed by atoms with E-state index >= 15 is 0 Å². The Bertz CT molecular complexity index is 1470. The lowest BCUT2D eigenvalue weighted by Gasteiger charge is -2.12. The van der Waals surface area contributed by atoms with Crippen LogP contribution < -0.4 is 10.1 Å². The molecule has 0 atom stereocenters. The predicted molar refractivity (Wildman–Crippen MR) is 119 cm³/mol. The first kappa shape index (κ1) is 21.6. The van der Waals surface area contributed by atoms with Gasteiger partial charge in [-0.1, -0.05) is 11.8 Å². The Hall–Kier alpha value is -4.26. The fourth-order valence-electron chi connectivity index (χ4n) is 3.34. The highest BCUT2D eigenvalue weighted by Gasteiger charge is 2.22. The Labute approximate surface area is 195 Å². The van der Waals surface area contributed by atoms with E-state index in [1.807, 2.05) is 0 Å². The minimum atomic E-state index is -3.03. The topological polar surface area (TPSA) is 115 Å². The van der Waals surface area contributed by atoms with Crippen molar-refractivity contribution in [3.05, 3.63) is 67.1 Å². The van der Waals surface area contributed by atoms with E-state index < -0.39 is 12.5 Å². The van der Waals surface area contributed by atoms with Crippen LogP contribution >= 0.6 is 11.8 Å². The normalized spacial score (nSPS) is 11.3. The van der Waals surface area contributed by atoms with Crippen LogP contribution in [0.15, 0.2) is 71.5 Å².